The highest BCUT2D eigenvalue weighted by Crippen LogP contribution is 2.28. The molecule has 0 aliphatic carbocycles. The van der Waals surface area contributed by atoms with Gasteiger partial charge in [0, 0.05) is 23.8 Å². The second-order valence-corrected chi connectivity index (χ2v) is 5.35. The fourth-order valence-corrected chi connectivity index (χ4v) is 2.52. The van der Waals surface area contributed by atoms with Crippen molar-refractivity contribution in [1.82, 2.24) is 5.32 Å². The molecule has 4 amide bonds. The lowest BCUT2D eigenvalue weighted by atomic mass is 10.2. The van der Waals surface area contributed by atoms with E-state index in [1.165, 1.54) is 4.90 Å². The number of carbonyl (C=O) groups is 2. The molecule has 1 aliphatic heterocycles. The number of hydrogen-bond donors (Lipinski definition) is 3. The van der Waals surface area contributed by atoms with Gasteiger partial charge in [-0.05, 0) is 36.4 Å². The summed E-state index contributed by atoms with van der Waals surface area (Å²) in [7, 11) is 0. The van der Waals surface area contributed by atoms with E-state index >= 15 is 0 Å². The Morgan fingerprint density at radius 1 is 1.30 bits per heavy atom. The molecule has 0 saturated carbocycles. The van der Waals surface area contributed by atoms with Crippen molar-refractivity contribution in [3.8, 4) is 0 Å². The van der Waals surface area contributed by atoms with Crippen LogP contribution in [0.5, 0.6) is 0 Å². The zero-order valence-corrected chi connectivity index (χ0v) is 12.9. The third kappa shape index (κ3) is 3.54. The molecular weight excluding hydrogens is 316 g/mol. The summed E-state index contributed by atoms with van der Waals surface area (Å²) < 4.78 is 0. The molecule has 0 bridgehead atoms. The van der Waals surface area contributed by atoms with Crippen LogP contribution >= 0.6 is 11.6 Å². The van der Waals surface area contributed by atoms with Gasteiger partial charge >= 0.3 is 12.1 Å². The lowest BCUT2D eigenvalue weighted by Crippen LogP contribution is -2.48. The van der Waals surface area contributed by atoms with Crippen molar-refractivity contribution in [2.75, 3.05) is 28.6 Å². The molecule has 3 rings (SSSR count). The first kappa shape index (κ1) is 15.2. The van der Waals surface area contributed by atoms with Gasteiger partial charge in [0.25, 0.3) is 0 Å². The van der Waals surface area contributed by atoms with Crippen LogP contribution in [0.1, 0.15) is 0 Å². The second kappa shape index (κ2) is 6.58. The van der Waals surface area contributed by atoms with Crippen LogP contribution < -0.4 is 20.9 Å². The monoisotopic (exact) mass is 329 g/mol. The Morgan fingerprint density at radius 3 is 3.00 bits per heavy atom. The summed E-state index contributed by atoms with van der Waals surface area (Å²) in [5, 5.41) is 8.57. The van der Waals surface area contributed by atoms with E-state index in [-0.39, 0.29) is 0 Å². The Bertz CT molecular complexity index is 750. The van der Waals surface area contributed by atoms with Gasteiger partial charge in [-0.15, -0.1) is 0 Å². The van der Waals surface area contributed by atoms with Crippen molar-refractivity contribution in [3.63, 3.8) is 0 Å². The smallest absolute Gasteiger partial charge is 0.330 e. The highest BCUT2D eigenvalue weighted by atomic mass is 35.5. The normalized spacial score (nSPS) is 12.8. The Hall–Kier alpha value is -2.73. The average molecular weight is 330 g/mol. The minimum absolute atomic E-state index is 0.466. The Kier molecular flexibility index (Phi) is 4.34. The molecule has 0 atom stereocenters. The van der Waals surface area contributed by atoms with Crippen molar-refractivity contribution >= 4 is 40.7 Å². The summed E-state index contributed by atoms with van der Waals surface area (Å²) in [5.41, 5.74) is 2.03. The molecule has 1 heterocycles. The predicted molar refractivity (Wildman–Crippen MR) is 90.1 cm³/mol. The molecule has 0 fully saturated rings. The van der Waals surface area contributed by atoms with Crippen molar-refractivity contribution < 1.29 is 9.59 Å². The van der Waals surface area contributed by atoms with E-state index in [0.29, 0.717) is 29.5 Å². The molecule has 1 aliphatic rings. The zero-order chi connectivity index (χ0) is 16.2. The molecule has 7 heteroatoms. The maximum atomic E-state index is 12.3. The molecule has 23 heavy (non-hydrogen) atoms. The van der Waals surface area contributed by atoms with Gasteiger partial charge in [0.1, 0.15) is 0 Å². The van der Waals surface area contributed by atoms with Gasteiger partial charge in [-0.3, -0.25) is 10.2 Å². The molecule has 117 valence electrons. The SMILES string of the molecule is O=C(NC(=O)N1CCNc2c[c]ccc21)Nc1cccc(Cl)c1. The van der Waals surface area contributed by atoms with E-state index < -0.39 is 12.1 Å². The molecule has 0 aromatic heterocycles. The third-order valence-corrected chi connectivity index (χ3v) is 3.57. The molecule has 0 unspecified atom stereocenters. The number of fused-ring (bicyclic) bond motifs is 1. The fourth-order valence-electron chi connectivity index (χ4n) is 2.33. The Morgan fingerprint density at radius 2 is 2.17 bits per heavy atom. The summed E-state index contributed by atoms with van der Waals surface area (Å²) in [6, 6.07) is 13.8. The number of halogens is 1. The van der Waals surface area contributed by atoms with E-state index in [9.17, 15) is 9.59 Å². The first-order chi connectivity index (χ1) is 11.1. The Labute approximate surface area is 138 Å². The number of hydrogen-bond acceptors (Lipinski definition) is 3. The van der Waals surface area contributed by atoms with Crippen LogP contribution in [0, 0.1) is 6.07 Å². The number of rotatable bonds is 1. The van der Waals surface area contributed by atoms with Crippen LogP contribution in [0.3, 0.4) is 0 Å². The average Bonchev–Trinajstić information content (AvgIpc) is 2.54. The van der Waals surface area contributed by atoms with Gasteiger partial charge < -0.3 is 10.6 Å². The van der Waals surface area contributed by atoms with E-state index in [1.807, 2.05) is 0 Å². The van der Waals surface area contributed by atoms with E-state index in [2.05, 4.69) is 22.0 Å². The summed E-state index contributed by atoms with van der Waals surface area (Å²) >= 11 is 5.86. The highest BCUT2D eigenvalue weighted by Gasteiger charge is 2.23. The molecule has 2 aromatic rings. The van der Waals surface area contributed by atoms with Gasteiger partial charge in [-0.25, -0.2) is 9.59 Å². The molecule has 6 nitrogen and oxygen atoms in total. The number of urea groups is 2. The van der Waals surface area contributed by atoms with Crippen LogP contribution in [0.4, 0.5) is 26.7 Å². The minimum Gasteiger partial charge on any atom is -0.382 e. The fraction of sp³-hybridized carbons (Fsp3) is 0.125. The number of carbonyl (C=O) groups excluding carboxylic acids is 2. The van der Waals surface area contributed by atoms with Gasteiger partial charge in [0.2, 0.25) is 0 Å². The van der Waals surface area contributed by atoms with E-state index in [0.717, 1.165) is 5.69 Å². The maximum absolute atomic E-state index is 12.3. The van der Waals surface area contributed by atoms with Gasteiger partial charge in [-0.2, -0.15) is 0 Å². The topological polar surface area (TPSA) is 73.5 Å². The number of amides is 4. The van der Waals surface area contributed by atoms with Crippen LogP contribution in [0.15, 0.2) is 42.5 Å². The number of anilines is 3. The van der Waals surface area contributed by atoms with Crippen molar-refractivity contribution in [3.05, 3.63) is 53.6 Å². The maximum Gasteiger partial charge on any atom is 0.330 e. The molecule has 2 aromatic carbocycles. The highest BCUT2D eigenvalue weighted by molar-refractivity contribution is 6.30. The van der Waals surface area contributed by atoms with Crippen molar-refractivity contribution in [1.29, 1.82) is 0 Å². The summed E-state index contributed by atoms with van der Waals surface area (Å²) in [6.07, 6.45) is 0. The number of imide groups is 1. The second-order valence-electron chi connectivity index (χ2n) is 4.92. The van der Waals surface area contributed by atoms with Gasteiger partial charge in [0.05, 0.1) is 11.4 Å². The third-order valence-electron chi connectivity index (χ3n) is 3.33. The summed E-state index contributed by atoms with van der Waals surface area (Å²) in [6.45, 7) is 1.07. The lowest BCUT2D eigenvalue weighted by molar-refractivity contribution is 0.236. The lowest BCUT2D eigenvalue weighted by Gasteiger charge is -2.29. The predicted octanol–water partition coefficient (Wildman–Crippen LogP) is 3.31. The molecule has 0 spiro atoms. The van der Waals surface area contributed by atoms with Crippen molar-refractivity contribution in [2.45, 2.75) is 0 Å². The largest absolute Gasteiger partial charge is 0.382 e. The summed E-state index contributed by atoms with van der Waals surface area (Å²) in [5.74, 6) is 0. The number of benzene rings is 2. The molecule has 0 saturated heterocycles. The van der Waals surface area contributed by atoms with E-state index in [1.54, 1.807) is 42.5 Å². The standard InChI is InChI=1S/C16H14ClN4O2/c17-11-4-3-5-12(10-11)19-15(22)20-16(23)21-9-8-18-13-6-1-2-7-14(13)21/h2-7,10,18H,8-9H2,(H2,19,20,22,23). The van der Waals surface area contributed by atoms with Crippen LogP contribution in [-0.4, -0.2) is 25.2 Å². The van der Waals surface area contributed by atoms with Gasteiger partial charge in [-0.1, -0.05) is 23.7 Å². The molecule has 3 N–H and O–H groups in total. The first-order valence-electron chi connectivity index (χ1n) is 7.02. The first-order valence-corrected chi connectivity index (χ1v) is 7.40. The number of nitrogens with one attached hydrogen (secondary N) is 3. The van der Waals surface area contributed by atoms with Crippen LogP contribution in [-0.2, 0) is 0 Å². The minimum atomic E-state index is -0.611. The van der Waals surface area contributed by atoms with Gasteiger partial charge in [0.15, 0.2) is 0 Å². The van der Waals surface area contributed by atoms with E-state index in [4.69, 9.17) is 11.6 Å². The van der Waals surface area contributed by atoms with Crippen molar-refractivity contribution in [2.24, 2.45) is 0 Å². The quantitative estimate of drug-likeness (QED) is 0.751. The number of nitrogens with zero attached hydrogens (tertiary/aromatic N) is 1. The van der Waals surface area contributed by atoms with Crippen LogP contribution in [0.25, 0.3) is 0 Å². The Balaban J connectivity index is 1.67. The molecule has 1 radical (unpaired) electrons. The van der Waals surface area contributed by atoms with Crippen LogP contribution in [0.2, 0.25) is 5.02 Å². The molecular formula is C16H14ClN4O2. The zero-order valence-electron chi connectivity index (χ0n) is 12.1. The summed E-state index contributed by atoms with van der Waals surface area (Å²) in [4.78, 5) is 25.8.